The molecule has 88 valence electrons. The third-order valence-corrected chi connectivity index (χ3v) is 2.84. The molecule has 0 atom stereocenters. The molecule has 2 aromatic rings. The van der Waals surface area contributed by atoms with E-state index in [2.05, 4.69) is 20.8 Å². The number of rotatable bonds is 3. The molecule has 5 nitrogen and oxygen atoms in total. The minimum Gasteiger partial charge on any atom is -0.331 e. The van der Waals surface area contributed by atoms with Gasteiger partial charge >= 0.3 is 6.03 Å². The minimum atomic E-state index is -0.246. The standard InChI is InChI=1S/C11H12N4OS/c1-8-14-15-10(17-8)7-12-11(16)13-9-5-3-2-4-6-9/h2-6H,7H2,1H3,(H2,12,13,16). The van der Waals surface area contributed by atoms with E-state index < -0.39 is 0 Å². The summed E-state index contributed by atoms with van der Waals surface area (Å²) in [6.45, 7) is 2.27. The average molecular weight is 248 g/mol. The lowest BCUT2D eigenvalue weighted by atomic mass is 10.3. The zero-order chi connectivity index (χ0) is 12.1. The van der Waals surface area contributed by atoms with Crippen molar-refractivity contribution < 1.29 is 4.79 Å². The van der Waals surface area contributed by atoms with Gasteiger partial charge in [0.15, 0.2) is 0 Å². The van der Waals surface area contributed by atoms with E-state index in [1.54, 1.807) is 0 Å². The number of benzene rings is 1. The molecular formula is C11H12N4OS. The summed E-state index contributed by atoms with van der Waals surface area (Å²) in [7, 11) is 0. The van der Waals surface area contributed by atoms with Crippen molar-refractivity contribution in [2.45, 2.75) is 13.5 Å². The summed E-state index contributed by atoms with van der Waals surface area (Å²) in [6.07, 6.45) is 0. The second kappa shape index (κ2) is 5.40. The van der Waals surface area contributed by atoms with Gasteiger partial charge in [0.05, 0.1) is 6.54 Å². The number of amides is 2. The zero-order valence-corrected chi connectivity index (χ0v) is 10.1. The summed E-state index contributed by atoms with van der Waals surface area (Å²) in [6, 6.07) is 9.04. The number of urea groups is 1. The Balaban J connectivity index is 1.82. The summed E-state index contributed by atoms with van der Waals surface area (Å²) < 4.78 is 0. The smallest absolute Gasteiger partial charge is 0.319 e. The molecule has 0 saturated heterocycles. The Morgan fingerprint density at radius 3 is 2.71 bits per heavy atom. The van der Waals surface area contributed by atoms with Crippen LogP contribution < -0.4 is 10.6 Å². The highest BCUT2D eigenvalue weighted by molar-refractivity contribution is 7.11. The first-order chi connectivity index (χ1) is 8.24. The Labute approximate surface area is 103 Å². The molecule has 0 aliphatic rings. The maximum Gasteiger partial charge on any atom is 0.319 e. The summed E-state index contributed by atoms with van der Waals surface area (Å²) in [5, 5.41) is 14.9. The average Bonchev–Trinajstić information content (AvgIpc) is 2.74. The van der Waals surface area contributed by atoms with Crippen LogP contribution in [0.3, 0.4) is 0 Å². The summed E-state index contributed by atoms with van der Waals surface area (Å²) in [4.78, 5) is 11.5. The van der Waals surface area contributed by atoms with Gasteiger partial charge in [0.1, 0.15) is 10.0 Å². The van der Waals surface area contributed by atoms with E-state index in [9.17, 15) is 4.79 Å². The normalized spacial score (nSPS) is 9.94. The number of aryl methyl sites for hydroxylation is 1. The molecule has 2 amide bonds. The van der Waals surface area contributed by atoms with Crippen LogP contribution in [0.4, 0.5) is 10.5 Å². The van der Waals surface area contributed by atoms with Crippen molar-refractivity contribution in [3.05, 3.63) is 40.3 Å². The number of carbonyl (C=O) groups excluding carboxylic acids is 1. The van der Waals surface area contributed by atoms with Gasteiger partial charge in [-0.15, -0.1) is 10.2 Å². The van der Waals surface area contributed by atoms with Gasteiger partial charge in [0.2, 0.25) is 0 Å². The Bertz CT molecular complexity index is 497. The second-order valence-electron chi connectivity index (χ2n) is 3.39. The first-order valence-electron chi connectivity index (χ1n) is 5.13. The molecular weight excluding hydrogens is 236 g/mol. The largest absolute Gasteiger partial charge is 0.331 e. The van der Waals surface area contributed by atoms with Crippen LogP contribution in [0.1, 0.15) is 10.0 Å². The molecule has 1 heterocycles. The fourth-order valence-corrected chi connectivity index (χ4v) is 1.91. The number of hydrogen-bond donors (Lipinski definition) is 2. The van der Waals surface area contributed by atoms with Crippen LogP contribution in [0.25, 0.3) is 0 Å². The van der Waals surface area contributed by atoms with E-state index in [4.69, 9.17) is 0 Å². The van der Waals surface area contributed by atoms with Crippen molar-refractivity contribution in [1.29, 1.82) is 0 Å². The third kappa shape index (κ3) is 3.53. The molecule has 0 unspecified atom stereocenters. The van der Waals surface area contributed by atoms with Crippen molar-refractivity contribution in [3.63, 3.8) is 0 Å². The van der Waals surface area contributed by atoms with Gasteiger partial charge in [-0.25, -0.2) is 4.79 Å². The number of para-hydroxylation sites is 1. The molecule has 0 bridgehead atoms. The lowest BCUT2D eigenvalue weighted by molar-refractivity contribution is 0.251. The summed E-state index contributed by atoms with van der Waals surface area (Å²) >= 11 is 1.47. The van der Waals surface area contributed by atoms with Crippen LogP contribution in [-0.2, 0) is 6.54 Å². The number of nitrogens with zero attached hydrogens (tertiary/aromatic N) is 2. The molecule has 0 aliphatic carbocycles. The van der Waals surface area contributed by atoms with Crippen LogP contribution in [-0.4, -0.2) is 16.2 Å². The fraction of sp³-hybridized carbons (Fsp3) is 0.182. The van der Waals surface area contributed by atoms with E-state index in [0.717, 1.165) is 15.7 Å². The molecule has 6 heteroatoms. The van der Waals surface area contributed by atoms with Crippen molar-refractivity contribution in [1.82, 2.24) is 15.5 Å². The predicted molar refractivity (Wildman–Crippen MR) is 66.9 cm³/mol. The van der Waals surface area contributed by atoms with E-state index in [1.165, 1.54) is 11.3 Å². The Morgan fingerprint density at radius 1 is 1.29 bits per heavy atom. The summed E-state index contributed by atoms with van der Waals surface area (Å²) in [5.74, 6) is 0. The highest BCUT2D eigenvalue weighted by atomic mass is 32.1. The van der Waals surface area contributed by atoms with E-state index in [-0.39, 0.29) is 6.03 Å². The van der Waals surface area contributed by atoms with Crippen molar-refractivity contribution in [2.75, 3.05) is 5.32 Å². The van der Waals surface area contributed by atoms with Crippen molar-refractivity contribution in [3.8, 4) is 0 Å². The van der Waals surface area contributed by atoms with Crippen LogP contribution >= 0.6 is 11.3 Å². The first-order valence-corrected chi connectivity index (χ1v) is 5.94. The molecule has 0 radical (unpaired) electrons. The Kier molecular flexibility index (Phi) is 3.66. The topological polar surface area (TPSA) is 66.9 Å². The number of aromatic nitrogens is 2. The SMILES string of the molecule is Cc1nnc(CNC(=O)Nc2ccccc2)s1. The fourth-order valence-electron chi connectivity index (χ4n) is 1.26. The second-order valence-corrected chi connectivity index (χ2v) is 4.65. The maximum absolute atomic E-state index is 11.5. The van der Waals surface area contributed by atoms with E-state index in [0.29, 0.717) is 6.54 Å². The molecule has 0 fully saturated rings. The lowest BCUT2D eigenvalue weighted by Crippen LogP contribution is -2.28. The maximum atomic E-state index is 11.5. The first kappa shape index (κ1) is 11.5. The molecule has 17 heavy (non-hydrogen) atoms. The highest BCUT2D eigenvalue weighted by Gasteiger charge is 2.04. The molecule has 1 aromatic carbocycles. The molecule has 2 rings (SSSR count). The third-order valence-electron chi connectivity index (χ3n) is 2.00. The quantitative estimate of drug-likeness (QED) is 0.874. The summed E-state index contributed by atoms with van der Waals surface area (Å²) in [5.41, 5.74) is 0.762. The monoisotopic (exact) mass is 248 g/mol. The number of nitrogens with one attached hydrogen (secondary N) is 2. The van der Waals surface area contributed by atoms with Crippen LogP contribution in [0.5, 0.6) is 0 Å². The molecule has 0 aliphatic heterocycles. The van der Waals surface area contributed by atoms with Gasteiger partial charge in [-0.05, 0) is 19.1 Å². The van der Waals surface area contributed by atoms with Gasteiger partial charge in [-0.1, -0.05) is 29.5 Å². The number of anilines is 1. The molecule has 1 aromatic heterocycles. The molecule has 0 saturated carbocycles. The Hall–Kier alpha value is -1.95. The Morgan fingerprint density at radius 2 is 2.06 bits per heavy atom. The van der Waals surface area contributed by atoms with E-state index in [1.807, 2.05) is 37.3 Å². The minimum absolute atomic E-state index is 0.246. The van der Waals surface area contributed by atoms with Gasteiger partial charge in [0.25, 0.3) is 0 Å². The van der Waals surface area contributed by atoms with Crippen LogP contribution in [0.15, 0.2) is 30.3 Å². The number of hydrogen-bond acceptors (Lipinski definition) is 4. The predicted octanol–water partition coefficient (Wildman–Crippen LogP) is 2.17. The highest BCUT2D eigenvalue weighted by Crippen LogP contribution is 2.08. The van der Waals surface area contributed by atoms with Gasteiger partial charge in [0, 0.05) is 5.69 Å². The number of carbonyl (C=O) groups is 1. The van der Waals surface area contributed by atoms with Crippen LogP contribution in [0.2, 0.25) is 0 Å². The van der Waals surface area contributed by atoms with Gasteiger partial charge in [-0.3, -0.25) is 0 Å². The van der Waals surface area contributed by atoms with Gasteiger partial charge < -0.3 is 10.6 Å². The zero-order valence-electron chi connectivity index (χ0n) is 9.30. The lowest BCUT2D eigenvalue weighted by Gasteiger charge is -2.05. The van der Waals surface area contributed by atoms with Crippen molar-refractivity contribution >= 4 is 23.1 Å². The van der Waals surface area contributed by atoms with Gasteiger partial charge in [-0.2, -0.15) is 0 Å². The molecule has 0 spiro atoms. The van der Waals surface area contributed by atoms with E-state index >= 15 is 0 Å². The van der Waals surface area contributed by atoms with Crippen molar-refractivity contribution in [2.24, 2.45) is 0 Å². The molecule has 2 N–H and O–H groups in total. The van der Waals surface area contributed by atoms with Crippen LogP contribution in [0, 0.1) is 6.92 Å².